The third-order valence-electron chi connectivity index (χ3n) is 4.14. The van der Waals surface area contributed by atoms with Gasteiger partial charge in [-0.15, -0.1) is 11.8 Å². The fraction of sp³-hybridized carbons (Fsp3) is 0.400. The van der Waals surface area contributed by atoms with E-state index >= 15 is 0 Å². The van der Waals surface area contributed by atoms with Crippen molar-refractivity contribution in [1.29, 1.82) is 0 Å². The zero-order valence-electron chi connectivity index (χ0n) is 14.2. The van der Waals surface area contributed by atoms with Gasteiger partial charge in [-0.3, -0.25) is 9.78 Å². The third kappa shape index (κ3) is 5.68. The van der Waals surface area contributed by atoms with Crippen LogP contribution in [0.4, 0.5) is 0 Å². The number of pyridine rings is 1. The number of nitrogens with one attached hydrogen (secondary N) is 1. The van der Waals surface area contributed by atoms with Crippen molar-refractivity contribution in [2.24, 2.45) is 0 Å². The number of rotatable bonds is 6. The van der Waals surface area contributed by atoms with Crippen molar-refractivity contribution in [3.05, 3.63) is 36.5 Å². The molecule has 4 nitrogen and oxygen atoms in total. The zero-order valence-corrected chi connectivity index (χ0v) is 15.0. The van der Waals surface area contributed by atoms with E-state index in [9.17, 15) is 4.79 Å². The van der Waals surface area contributed by atoms with Crippen molar-refractivity contribution in [1.82, 2.24) is 10.3 Å². The van der Waals surface area contributed by atoms with E-state index in [4.69, 9.17) is 4.74 Å². The summed E-state index contributed by atoms with van der Waals surface area (Å²) in [6.45, 7) is 0.664. The van der Waals surface area contributed by atoms with Gasteiger partial charge in [0.2, 0.25) is 5.91 Å². The predicted molar refractivity (Wildman–Crippen MR) is 103 cm³/mol. The van der Waals surface area contributed by atoms with Crippen LogP contribution in [-0.2, 0) is 4.79 Å². The molecule has 0 aliphatic heterocycles. The number of carbonyl (C=O) groups excluding carboxylic acids is 1. The van der Waals surface area contributed by atoms with Crippen LogP contribution in [0.3, 0.4) is 0 Å². The quantitative estimate of drug-likeness (QED) is 0.808. The van der Waals surface area contributed by atoms with E-state index in [1.165, 1.54) is 25.7 Å². The molecule has 5 heteroatoms. The largest absolute Gasteiger partial charge is 0.481 e. The highest BCUT2D eigenvalue weighted by molar-refractivity contribution is 8.00. The maximum Gasteiger partial charge on any atom is 0.230 e. The van der Waals surface area contributed by atoms with Crippen LogP contribution in [-0.4, -0.2) is 35.0 Å². The number of aromatic nitrogens is 1. The predicted octanol–water partition coefficient (Wildman–Crippen LogP) is 3.41. The highest BCUT2D eigenvalue weighted by atomic mass is 32.2. The minimum absolute atomic E-state index is 0.0627. The van der Waals surface area contributed by atoms with Gasteiger partial charge in [-0.2, -0.15) is 0 Å². The number of thioether (sulfide) groups is 1. The number of hydrogen-bond donors (Lipinski definition) is 1. The molecule has 2 aromatic rings. The summed E-state index contributed by atoms with van der Waals surface area (Å²) in [4.78, 5) is 16.0. The molecule has 0 bridgehead atoms. The second kappa shape index (κ2) is 9.33. The summed E-state index contributed by atoms with van der Waals surface area (Å²) in [5.74, 6) is 7.19. The minimum atomic E-state index is 0.0627. The van der Waals surface area contributed by atoms with Gasteiger partial charge in [-0.1, -0.05) is 30.7 Å². The number of hydrogen-bond acceptors (Lipinski definition) is 4. The van der Waals surface area contributed by atoms with Gasteiger partial charge >= 0.3 is 0 Å². The van der Waals surface area contributed by atoms with E-state index in [2.05, 4.69) is 22.1 Å². The van der Waals surface area contributed by atoms with Crippen molar-refractivity contribution < 1.29 is 9.53 Å². The molecule has 0 saturated heterocycles. The molecule has 1 aliphatic carbocycles. The summed E-state index contributed by atoms with van der Waals surface area (Å²) in [5.41, 5.74) is 0.903. The number of ether oxygens (including phenoxy) is 1. The first-order valence-corrected chi connectivity index (χ1v) is 9.68. The maximum absolute atomic E-state index is 11.7. The molecule has 0 atom stereocenters. The van der Waals surface area contributed by atoms with Crippen LogP contribution < -0.4 is 10.1 Å². The van der Waals surface area contributed by atoms with Crippen LogP contribution in [0.2, 0.25) is 0 Å². The Balaban J connectivity index is 1.34. The normalized spacial score (nSPS) is 14.1. The SMILES string of the molecule is O=C(CSC1CCCC1)NCC#CCOc1ccc2cccnc2c1. The van der Waals surface area contributed by atoms with Crippen LogP contribution >= 0.6 is 11.8 Å². The molecule has 1 aliphatic rings. The smallest absolute Gasteiger partial charge is 0.230 e. The van der Waals surface area contributed by atoms with Crippen molar-refractivity contribution in [3.8, 4) is 17.6 Å². The number of amides is 1. The summed E-state index contributed by atoms with van der Waals surface area (Å²) in [5, 5.41) is 4.58. The van der Waals surface area contributed by atoms with Crippen LogP contribution in [0.25, 0.3) is 10.9 Å². The van der Waals surface area contributed by atoms with Crippen LogP contribution in [0.5, 0.6) is 5.75 Å². The first kappa shape index (κ1) is 17.6. The molecular formula is C20H22N2O2S. The molecule has 1 aromatic heterocycles. The summed E-state index contributed by atoms with van der Waals surface area (Å²) in [7, 11) is 0. The molecule has 1 fully saturated rings. The van der Waals surface area contributed by atoms with E-state index in [1.54, 1.807) is 18.0 Å². The van der Waals surface area contributed by atoms with Crippen LogP contribution in [0.1, 0.15) is 25.7 Å². The first-order chi connectivity index (χ1) is 12.3. The molecule has 0 unspecified atom stereocenters. The number of carbonyl (C=O) groups is 1. The van der Waals surface area contributed by atoms with E-state index in [0.29, 0.717) is 24.2 Å². The Bertz CT molecular complexity index is 776. The van der Waals surface area contributed by atoms with Gasteiger partial charge < -0.3 is 10.1 Å². The molecule has 1 heterocycles. The monoisotopic (exact) mass is 354 g/mol. The van der Waals surface area contributed by atoms with E-state index < -0.39 is 0 Å². The van der Waals surface area contributed by atoms with Gasteiger partial charge in [0, 0.05) is 22.9 Å². The molecule has 1 saturated carbocycles. The molecule has 1 N–H and O–H groups in total. The molecule has 25 heavy (non-hydrogen) atoms. The van der Waals surface area contributed by atoms with Crippen molar-refractivity contribution in [2.75, 3.05) is 18.9 Å². The molecule has 130 valence electrons. The Morgan fingerprint density at radius 1 is 1.28 bits per heavy atom. The summed E-state index contributed by atoms with van der Waals surface area (Å²) >= 11 is 1.77. The molecule has 0 radical (unpaired) electrons. The number of benzene rings is 1. The molecule has 0 spiro atoms. The molecule has 1 amide bonds. The van der Waals surface area contributed by atoms with Gasteiger partial charge in [-0.05, 0) is 31.0 Å². The Labute approximate surface area is 152 Å². The van der Waals surface area contributed by atoms with E-state index in [-0.39, 0.29) is 5.91 Å². The Kier molecular flexibility index (Phi) is 6.58. The minimum Gasteiger partial charge on any atom is -0.481 e. The molecule has 3 rings (SSSR count). The summed E-state index contributed by atoms with van der Waals surface area (Å²) < 4.78 is 5.61. The number of fused-ring (bicyclic) bond motifs is 1. The average molecular weight is 354 g/mol. The lowest BCUT2D eigenvalue weighted by molar-refractivity contribution is -0.118. The van der Waals surface area contributed by atoms with Crippen LogP contribution in [0.15, 0.2) is 36.5 Å². The second-order valence-electron chi connectivity index (χ2n) is 5.99. The van der Waals surface area contributed by atoms with Gasteiger partial charge in [-0.25, -0.2) is 0 Å². The fourth-order valence-corrected chi connectivity index (χ4v) is 3.97. The average Bonchev–Trinajstić information content (AvgIpc) is 3.16. The Morgan fingerprint density at radius 2 is 2.16 bits per heavy atom. The maximum atomic E-state index is 11.7. The van der Waals surface area contributed by atoms with E-state index in [1.807, 2.05) is 30.3 Å². The van der Waals surface area contributed by atoms with Gasteiger partial charge in [0.15, 0.2) is 0 Å². The highest BCUT2D eigenvalue weighted by Crippen LogP contribution is 2.28. The lowest BCUT2D eigenvalue weighted by Gasteiger charge is -2.07. The van der Waals surface area contributed by atoms with E-state index in [0.717, 1.165) is 16.7 Å². The standard InChI is InChI=1S/C20H22N2O2S/c23-20(15-25-18-7-1-2-8-18)22-11-3-4-13-24-17-10-9-16-6-5-12-21-19(16)14-17/h5-6,9-10,12,14,18H,1-2,7-8,11,13,15H2,(H,22,23). The number of nitrogens with zero attached hydrogens (tertiary/aromatic N) is 1. The Hall–Kier alpha value is -2.19. The first-order valence-electron chi connectivity index (χ1n) is 8.63. The van der Waals surface area contributed by atoms with Crippen LogP contribution in [0, 0.1) is 11.8 Å². The zero-order chi connectivity index (χ0) is 17.3. The topological polar surface area (TPSA) is 51.2 Å². The summed E-state index contributed by atoms with van der Waals surface area (Å²) in [6, 6.07) is 9.72. The fourth-order valence-electron chi connectivity index (χ4n) is 2.81. The summed E-state index contributed by atoms with van der Waals surface area (Å²) in [6.07, 6.45) is 6.87. The van der Waals surface area contributed by atoms with Crippen molar-refractivity contribution in [3.63, 3.8) is 0 Å². The third-order valence-corrected chi connectivity index (χ3v) is 5.51. The Morgan fingerprint density at radius 3 is 3.04 bits per heavy atom. The second-order valence-corrected chi connectivity index (χ2v) is 7.28. The molecular weight excluding hydrogens is 332 g/mol. The van der Waals surface area contributed by atoms with Crippen molar-refractivity contribution in [2.45, 2.75) is 30.9 Å². The lowest BCUT2D eigenvalue weighted by Crippen LogP contribution is -2.26. The van der Waals surface area contributed by atoms with Gasteiger partial charge in [0.05, 0.1) is 17.8 Å². The van der Waals surface area contributed by atoms with Gasteiger partial charge in [0.1, 0.15) is 12.4 Å². The molecule has 1 aromatic carbocycles. The van der Waals surface area contributed by atoms with Gasteiger partial charge in [0.25, 0.3) is 0 Å². The lowest BCUT2D eigenvalue weighted by atomic mass is 10.2. The highest BCUT2D eigenvalue weighted by Gasteiger charge is 2.16. The van der Waals surface area contributed by atoms with Crippen molar-refractivity contribution >= 4 is 28.6 Å².